The predicted molar refractivity (Wildman–Crippen MR) is 94.2 cm³/mol. The van der Waals surface area contributed by atoms with E-state index in [0.717, 1.165) is 22.6 Å². The highest BCUT2D eigenvalue weighted by Gasteiger charge is 2.13. The van der Waals surface area contributed by atoms with Crippen molar-refractivity contribution in [2.24, 2.45) is 0 Å². The van der Waals surface area contributed by atoms with Gasteiger partial charge in [-0.15, -0.1) is 0 Å². The van der Waals surface area contributed by atoms with E-state index in [1.165, 1.54) is 0 Å². The van der Waals surface area contributed by atoms with Gasteiger partial charge in [0.1, 0.15) is 5.82 Å². The molecule has 1 N–H and O–H groups in total. The maximum Gasteiger partial charge on any atom is 0.216 e. The molecule has 0 unspecified atom stereocenters. The fraction of sp³-hybridized carbons (Fsp3) is 0.167. The van der Waals surface area contributed by atoms with Crippen molar-refractivity contribution in [1.82, 2.24) is 14.3 Å². The first-order valence-corrected chi connectivity index (χ1v) is 9.30. The number of aryl methyl sites for hydroxylation is 1. The van der Waals surface area contributed by atoms with Gasteiger partial charge in [-0.25, -0.2) is 18.1 Å². The fourth-order valence-electron chi connectivity index (χ4n) is 2.56. The van der Waals surface area contributed by atoms with Crippen molar-refractivity contribution >= 4 is 10.0 Å². The van der Waals surface area contributed by atoms with E-state index in [2.05, 4.69) is 9.71 Å². The van der Waals surface area contributed by atoms with Gasteiger partial charge in [0.25, 0.3) is 0 Å². The highest BCUT2D eigenvalue weighted by molar-refractivity contribution is 7.88. The number of nitrogens with zero attached hydrogens (tertiary/aromatic N) is 2. The average Bonchev–Trinajstić information content (AvgIpc) is 3.00. The van der Waals surface area contributed by atoms with E-state index in [1.807, 2.05) is 72.3 Å². The van der Waals surface area contributed by atoms with E-state index in [0.29, 0.717) is 0 Å². The Labute approximate surface area is 142 Å². The zero-order valence-corrected chi connectivity index (χ0v) is 14.2. The molecule has 0 radical (unpaired) electrons. The molecule has 0 saturated heterocycles. The lowest BCUT2D eigenvalue weighted by atomic mass is 10.2. The molecule has 1 aromatic heterocycles. The number of hydrogen-bond donors (Lipinski definition) is 1. The molecule has 0 bridgehead atoms. The smallest absolute Gasteiger partial charge is 0.216 e. The molecule has 5 nitrogen and oxygen atoms in total. The van der Waals surface area contributed by atoms with Gasteiger partial charge in [-0.2, -0.15) is 0 Å². The van der Waals surface area contributed by atoms with Crippen molar-refractivity contribution in [2.45, 2.75) is 19.2 Å². The number of imidazole rings is 1. The van der Waals surface area contributed by atoms with E-state index in [-0.39, 0.29) is 12.3 Å². The van der Waals surface area contributed by atoms with Gasteiger partial charge in [-0.1, -0.05) is 48.5 Å². The van der Waals surface area contributed by atoms with Gasteiger partial charge in [0.05, 0.1) is 11.4 Å². The van der Waals surface area contributed by atoms with Crippen LogP contribution in [0.25, 0.3) is 5.69 Å². The summed E-state index contributed by atoms with van der Waals surface area (Å²) in [6.45, 7) is 2.15. The van der Waals surface area contributed by atoms with Gasteiger partial charge >= 0.3 is 0 Å². The Balaban J connectivity index is 1.77. The molecule has 24 heavy (non-hydrogen) atoms. The lowest BCUT2D eigenvalue weighted by Crippen LogP contribution is -2.25. The largest absolute Gasteiger partial charge is 0.304 e. The van der Waals surface area contributed by atoms with Crippen LogP contribution in [0.5, 0.6) is 0 Å². The van der Waals surface area contributed by atoms with Crippen LogP contribution in [-0.4, -0.2) is 18.0 Å². The van der Waals surface area contributed by atoms with Crippen LogP contribution in [0, 0.1) is 6.92 Å². The molecule has 3 rings (SSSR count). The van der Waals surface area contributed by atoms with Gasteiger partial charge in [0.15, 0.2) is 0 Å². The fourth-order valence-corrected chi connectivity index (χ4v) is 3.67. The van der Waals surface area contributed by atoms with Gasteiger partial charge in [-0.05, 0) is 24.1 Å². The van der Waals surface area contributed by atoms with Crippen molar-refractivity contribution in [1.29, 1.82) is 0 Å². The van der Waals surface area contributed by atoms with Gasteiger partial charge in [0, 0.05) is 18.9 Å². The van der Waals surface area contributed by atoms with Crippen LogP contribution >= 0.6 is 0 Å². The second-order valence-corrected chi connectivity index (χ2v) is 7.35. The number of para-hydroxylation sites is 1. The number of benzene rings is 2. The number of aromatic nitrogens is 2. The van der Waals surface area contributed by atoms with Crippen molar-refractivity contribution in [3.05, 3.63) is 83.9 Å². The summed E-state index contributed by atoms with van der Waals surface area (Å²) in [5.74, 6) is 0.828. The number of hydrogen-bond acceptors (Lipinski definition) is 3. The molecule has 0 saturated carbocycles. The van der Waals surface area contributed by atoms with Gasteiger partial charge in [-0.3, -0.25) is 0 Å². The number of sulfonamides is 1. The summed E-state index contributed by atoms with van der Waals surface area (Å²) < 4.78 is 29.2. The second kappa shape index (κ2) is 6.98. The first kappa shape index (κ1) is 16.4. The van der Waals surface area contributed by atoms with E-state index in [9.17, 15) is 8.42 Å². The minimum atomic E-state index is -3.40. The van der Waals surface area contributed by atoms with Crippen molar-refractivity contribution in [3.8, 4) is 5.69 Å². The molecule has 2 aromatic carbocycles. The van der Waals surface area contributed by atoms with E-state index in [4.69, 9.17) is 0 Å². The van der Waals surface area contributed by atoms with E-state index >= 15 is 0 Å². The maximum atomic E-state index is 12.3. The molecule has 0 atom stereocenters. The highest BCUT2D eigenvalue weighted by Crippen LogP contribution is 2.16. The summed E-state index contributed by atoms with van der Waals surface area (Å²) in [6, 6.07) is 16.9. The Morgan fingerprint density at radius 3 is 2.46 bits per heavy atom. The molecular formula is C18H19N3O2S. The van der Waals surface area contributed by atoms with Crippen molar-refractivity contribution in [2.75, 3.05) is 0 Å². The SMILES string of the molecule is Cc1nccn1-c1ccccc1CNS(=O)(=O)Cc1ccccc1. The monoisotopic (exact) mass is 341 g/mol. The van der Waals surface area contributed by atoms with Crippen LogP contribution in [0.15, 0.2) is 67.0 Å². The van der Waals surface area contributed by atoms with Crippen LogP contribution in [0.4, 0.5) is 0 Å². The first-order valence-electron chi connectivity index (χ1n) is 7.65. The number of rotatable bonds is 6. The van der Waals surface area contributed by atoms with Gasteiger partial charge in [0.2, 0.25) is 10.0 Å². The van der Waals surface area contributed by atoms with Crippen LogP contribution in [-0.2, 0) is 22.3 Å². The third kappa shape index (κ3) is 3.90. The maximum absolute atomic E-state index is 12.3. The normalized spacial score (nSPS) is 11.5. The number of nitrogens with one attached hydrogen (secondary N) is 1. The van der Waals surface area contributed by atoms with Crippen molar-refractivity contribution in [3.63, 3.8) is 0 Å². The molecular weight excluding hydrogens is 322 g/mol. The lowest BCUT2D eigenvalue weighted by Gasteiger charge is -2.13. The van der Waals surface area contributed by atoms with E-state index in [1.54, 1.807) is 6.20 Å². The third-order valence-electron chi connectivity index (χ3n) is 3.76. The molecule has 124 valence electrons. The molecule has 0 spiro atoms. The topological polar surface area (TPSA) is 64.0 Å². The second-order valence-electron chi connectivity index (χ2n) is 5.54. The highest BCUT2D eigenvalue weighted by atomic mass is 32.2. The molecule has 0 aliphatic heterocycles. The first-order chi connectivity index (χ1) is 11.6. The summed E-state index contributed by atoms with van der Waals surface area (Å²) in [5, 5.41) is 0. The van der Waals surface area contributed by atoms with Crippen LogP contribution < -0.4 is 4.72 Å². The third-order valence-corrected chi connectivity index (χ3v) is 5.06. The van der Waals surface area contributed by atoms with Crippen LogP contribution in [0.3, 0.4) is 0 Å². The van der Waals surface area contributed by atoms with Crippen molar-refractivity contribution < 1.29 is 8.42 Å². The Hall–Kier alpha value is -2.44. The zero-order chi connectivity index (χ0) is 17.0. The lowest BCUT2D eigenvalue weighted by molar-refractivity contribution is 0.580. The minimum absolute atomic E-state index is 0.0277. The quantitative estimate of drug-likeness (QED) is 0.750. The Morgan fingerprint density at radius 2 is 1.75 bits per heavy atom. The predicted octanol–water partition coefficient (Wildman–Crippen LogP) is 2.80. The minimum Gasteiger partial charge on any atom is -0.304 e. The molecule has 0 amide bonds. The van der Waals surface area contributed by atoms with Crippen LogP contribution in [0.2, 0.25) is 0 Å². The molecule has 0 aliphatic rings. The summed E-state index contributed by atoms with van der Waals surface area (Å²) in [5.41, 5.74) is 2.59. The van der Waals surface area contributed by atoms with E-state index < -0.39 is 10.0 Å². The summed E-state index contributed by atoms with van der Waals surface area (Å²) in [4.78, 5) is 4.22. The Morgan fingerprint density at radius 1 is 1.04 bits per heavy atom. The zero-order valence-electron chi connectivity index (χ0n) is 13.4. The average molecular weight is 341 g/mol. The molecule has 1 heterocycles. The van der Waals surface area contributed by atoms with Crippen LogP contribution in [0.1, 0.15) is 17.0 Å². The molecule has 0 fully saturated rings. The molecule has 3 aromatic rings. The Kier molecular flexibility index (Phi) is 4.78. The molecule has 6 heteroatoms. The summed E-state index contributed by atoms with van der Waals surface area (Å²) in [6.07, 6.45) is 3.60. The summed E-state index contributed by atoms with van der Waals surface area (Å²) >= 11 is 0. The van der Waals surface area contributed by atoms with Gasteiger partial charge < -0.3 is 4.57 Å². The summed E-state index contributed by atoms with van der Waals surface area (Å²) in [7, 11) is -3.40. The Bertz CT molecular complexity index is 918. The standard InChI is InChI=1S/C18H19N3O2S/c1-15-19-11-12-21(15)18-10-6-5-9-17(18)13-20-24(22,23)14-16-7-3-2-4-8-16/h2-12,20H,13-14H2,1H3. The molecule has 0 aliphatic carbocycles.